The second kappa shape index (κ2) is 4.91. The first-order valence-electron chi connectivity index (χ1n) is 4.46. The molecule has 1 amide bonds. The van der Waals surface area contributed by atoms with Crippen LogP contribution in [-0.4, -0.2) is 18.8 Å². The molecule has 7 heteroatoms. The minimum atomic E-state index is -4.80. The molecule has 1 aromatic carbocycles. The average molecular weight is 270 g/mol. The van der Waals surface area contributed by atoms with E-state index in [1.807, 2.05) is 0 Å². The number of carbonyl (C=O) groups is 1. The van der Waals surface area contributed by atoms with Crippen LogP contribution in [0.2, 0.25) is 0 Å². The number of hydrogen-bond acceptors (Lipinski definition) is 1. The maximum absolute atomic E-state index is 13.0. The molecule has 0 saturated carbocycles. The molecule has 0 fully saturated rings. The zero-order valence-corrected chi connectivity index (χ0v) is 9.44. The monoisotopic (exact) mass is 269 g/mol. The first kappa shape index (κ1) is 13.8. The van der Waals surface area contributed by atoms with Crippen molar-refractivity contribution in [3.8, 4) is 0 Å². The number of benzene rings is 1. The van der Waals surface area contributed by atoms with E-state index in [0.717, 1.165) is 11.0 Å². The van der Waals surface area contributed by atoms with Crippen LogP contribution in [0.3, 0.4) is 0 Å². The number of halogens is 5. The van der Waals surface area contributed by atoms with E-state index < -0.39 is 23.5 Å². The fourth-order valence-corrected chi connectivity index (χ4v) is 1.35. The number of hydrogen-bond donors (Lipinski definition) is 0. The summed E-state index contributed by atoms with van der Waals surface area (Å²) in [7, 11) is 1.26. The van der Waals surface area contributed by atoms with Gasteiger partial charge in [-0.3, -0.25) is 4.79 Å². The molecule has 0 aromatic heterocycles. The number of nitrogens with zero attached hydrogens (tertiary/aromatic N) is 1. The van der Waals surface area contributed by atoms with E-state index in [4.69, 9.17) is 11.6 Å². The molecule has 17 heavy (non-hydrogen) atoms. The van der Waals surface area contributed by atoms with Crippen LogP contribution in [0.4, 0.5) is 23.2 Å². The molecule has 0 bridgehead atoms. The zero-order valence-electron chi connectivity index (χ0n) is 8.68. The number of rotatable bonds is 2. The Morgan fingerprint density at radius 1 is 1.41 bits per heavy atom. The van der Waals surface area contributed by atoms with E-state index >= 15 is 0 Å². The van der Waals surface area contributed by atoms with Crippen LogP contribution in [0.15, 0.2) is 18.2 Å². The Bertz CT molecular complexity index is 433. The molecular weight excluding hydrogens is 262 g/mol. The number of anilines is 1. The summed E-state index contributed by atoms with van der Waals surface area (Å²) in [4.78, 5) is 12.1. The SMILES string of the molecule is CN(C(=O)CCl)c1ccc(F)c(C(F)(F)F)c1. The largest absolute Gasteiger partial charge is 0.419 e. The summed E-state index contributed by atoms with van der Waals surface area (Å²) < 4.78 is 50.2. The second-order valence-electron chi connectivity index (χ2n) is 3.25. The first-order chi connectivity index (χ1) is 7.77. The van der Waals surface area contributed by atoms with Crippen molar-refractivity contribution in [3.63, 3.8) is 0 Å². The Balaban J connectivity index is 3.17. The minimum Gasteiger partial charge on any atom is -0.314 e. The maximum Gasteiger partial charge on any atom is 0.419 e. The van der Waals surface area contributed by atoms with E-state index in [1.165, 1.54) is 7.05 Å². The Hall–Kier alpha value is -1.30. The summed E-state index contributed by atoms with van der Waals surface area (Å²) in [6.45, 7) is 0. The highest BCUT2D eigenvalue weighted by Gasteiger charge is 2.34. The van der Waals surface area contributed by atoms with Gasteiger partial charge in [-0.1, -0.05) is 0 Å². The lowest BCUT2D eigenvalue weighted by Crippen LogP contribution is -2.27. The Kier molecular flexibility index (Phi) is 3.98. The van der Waals surface area contributed by atoms with Gasteiger partial charge in [0.25, 0.3) is 0 Å². The fraction of sp³-hybridized carbons (Fsp3) is 0.300. The highest BCUT2D eigenvalue weighted by Crippen LogP contribution is 2.33. The molecule has 0 aliphatic rings. The van der Waals surface area contributed by atoms with Crippen LogP contribution in [0.1, 0.15) is 5.56 Å². The van der Waals surface area contributed by atoms with Crippen molar-refractivity contribution in [1.29, 1.82) is 0 Å². The van der Waals surface area contributed by atoms with Crippen molar-refractivity contribution >= 4 is 23.2 Å². The highest BCUT2D eigenvalue weighted by atomic mass is 35.5. The number of amides is 1. The fourth-order valence-electron chi connectivity index (χ4n) is 1.17. The van der Waals surface area contributed by atoms with Crippen LogP contribution in [0.5, 0.6) is 0 Å². The first-order valence-corrected chi connectivity index (χ1v) is 5.00. The zero-order chi connectivity index (χ0) is 13.2. The molecule has 0 atom stereocenters. The quantitative estimate of drug-likeness (QED) is 0.597. The summed E-state index contributed by atoms with van der Waals surface area (Å²) >= 11 is 5.27. The van der Waals surface area contributed by atoms with Crippen molar-refractivity contribution in [1.82, 2.24) is 0 Å². The molecule has 94 valence electrons. The normalized spacial score (nSPS) is 11.4. The molecule has 0 unspecified atom stereocenters. The van der Waals surface area contributed by atoms with Gasteiger partial charge in [-0.25, -0.2) is 4.39 Å². The van der Waals surface area contributed by atoms with E-state index in [0.29, 0.717) is 12.1 Å². The second-order valence-corrected chi connectivity index (χ2v) is 3.52. The van der Waals surface area contributed by atoms with Gasteiger partial charge in [0.05, 0.1) is 5.56 Å². The van der Waals surface area contributed by atoms with Gasteiger partial charge in [0.2, 0.25) is 5.91 Å². The topological polar surface area (TPSA) is 20.3 Å². The van der Waals surface area contributed by atoms with Crippen molar-refractivity contribution in [2.75, 3.05) is 17.8 Å². The molecule has 1 aromatic rings. The standard InChI is InChI=1S/C10H8ClF4NO/c1-16(9(17)5-11)6-2-3-8(12)7(4-6)10(13,14)15/h2-4H,5H2,1H3. The third kappa shape index (κ3) is 3.09. The molecular formula is C10H8ClF4NO. The van der Waals surface area contributed by atoms with E-state index in [1.54, 1.807) is 0 Å². The Morgan fingerprint density at radius 2 is 2.00 bits per heavy atom. The minimum absolute atomic E-state index is 0.0654. The summed E-state index contributed by atoms with van der Waals surface area (Å²) in [5.74, 6) is -2.32. The Morgan fingerprint density at radius 3 is 2.47 bits per heavy atom. The van der Waals surface area contributed by atoms with Crippen molar-refractivity contribution in [2.24, 2.45) is 0 Å². The Labute approximate surface area is 99.8 Å². The summed E-state index contributed by atoms with van der Waals surface area (Å²) in [6.07, 6.45) is -4.80. The smallest absolute Gasteiger partial charge is 0.314 e. The lowest BCUT2D eigenvalue weighted by Gasteiger charge is -2.18. The van der Waals surface area contributed by atoms with E-state index in [9.17, 15) is 22.4 Å². The molecule has 2 nitrogen and oxygen atoms in total. The molecule has 0 saturated heterocycles. The predicted molar refractivity (Wildman–Crippen MR) is 55.5 cm³/mol. The third-order valence-corrected chi connectivity index (χ3v) is 2.36. The van der Waals surface area contributed by atoms with Crippen LogP contribution in [0.25, 0.3) is 0 Å². The van der Waals surface area contributed by atoms with Gasteiger partial charge in [-0.2, -0.15) is 13.2 Å². The number of carbonyl (C=O) groups excluding carboxylic acids is 1. The van der Waals surface area contributed by atoms with Crippen molar-refractivity contribution in [3.05, 3.63) is 29.6 Å². The predicted octanol–water partition coefficient (Wildman–Crippen LogP) is 3.05. The van der Waals surface area contributed by atoms with Crippen LogP contribution in [-0.2, 0) is 11.0 Å². The van der Waals surface area contributed by atoms with Gasteiger partial charge in [-0.05, 0) is 18.2 Å². The van der Waals surface area contributed by atoms with Gasteiger partial charge in [0.15, 0.2) is 0 Å². The van der Waals surface area contributed by atoms with Crippen LogP contribution >= 0.6 is 11.6 Å². The van der Waals surface area contributed by atoms with Crippen LogP contribution < -0.4 is 4.90 Å². The lowest BCUT2D eigenvalue weighted by molar-refractivity contribution is -0.140. The van der Waals surface area contributed by atoms with Crippen molar-refractivity contribution < 1.29 is 22.4 Å². The molecule has 0 N–H and O–H groups in total. The number of alkyl halides is 4. The van der Waals surface area contributed by atoms with Gasteiger partial charge < -0.3 is 4.90 Å². The molecule has 0 aliphatic carbocycles. The molecule has 0 heterocycles. The van der Waals surface area contributed by atoms with E-state index in [2.05, 4.69) is 0 Å². The molecule has 0 spiro atoms. The van der Waals surface area contributed by atoms with E-state index in [-0.39, 0.29) is 11.6 Å². The van der Waals surface area contributed by atoms with Crippen molar-refractivity contribution in [2.45, 2.75) is 6.18 Å². The average Bonchev–Trinajstić information content (AvgIpc) is 2.26. The molecule has 0 radical (unpaired) electrons. The van der Waals surface area contributed by atoms with Crippen LogP contribution in [0, 0.1) is 5.82 Å². The van der Waals surface area contributed by atoms with Gasteiger partial charge >= 0.3 is 6.18 Å². The van der Waals surface area contributed by atoms with Gasteiger partial charge in [0.1, 0.15) is 11.7 Å². The lowest BCUT2D eigenvalue weighted by atomic mass is 10.1. The maximum atomic E-state index is 13.0. The highest BCUT2D eigenvalue weighted by molar-refractivity contribution is 6.29. The summed E-state index contributed by atoms with van der Waals surface area (Å²) in [6, 6.07) is 2.31. The van der Waals surface area contributed by atoms with Gasteiger partial charge in [-0.15, -0.1) is 11.6 Å². The summed E-state index contributed by atoms with van der Waals surface area (Å²) in [5, 5.41) is 0. The molecule has 1 rings (SSSR count). The molecule has 0 aliphatic heterocycles. The third-order valence-electron chi connectivity index (χ3n) is 2.13. The van der Waals surface area contributed by atoms with Gasteiger partial charge in [0, 0.05) is 12.7 Å². The summed E-state index contributed by atoms with van der Waals surface area (Å²) in [5.41, 5.74) is -1.48.